The Labute approximate surface area is 214 Å². The molecule has 2 aromatic carbocycles. The number of carbonyl (C=O) groups excluding carboxylic acids is 2. The van der Waals surface area contributed by atoms with Gasteiger partial charge in [0, 0.05) is 36.3 Å². The van der Waals surface area contributed by atoms with Crippen molar-refractivity contribution in [3.63, 3.8) is 0 Å². The fraction of sp³-hybridized carbons (Fsp3) is 0.231. The molecule has 0 spiro atoms. The number of anilines is 1. The molecule has 3 rings (SSSR count). The van der Waals surface area contributed by atoms with Crippen LogP contribution in [0.5, 0.6) is 11.5 Å². The number of benzene rings is 2. The zero-order chi connectivity index (χ0) is 26.6. The lowest BCUT2D eigenvalue weighted by Crippen LogP contribution is -2.45. The predicted molar refractivity (Wildman–Crippen MR) is 139 cm³/mol. The number of pyridine rings is 1. The largest absolute Gasteiger partial charge is 0.490 e. The van der Waals surface area contributed by atoms with E-state index in [1.165, 1.54) is 24.5 Å². The molecule has 0 radical (unpaired) electrons. The third kappa shape index (κ3) is 7.67. The van der Waals surface area contributed by atoms with E-state index in [4.69, 9.17) is 25.4 Å². The van der Waals surface area contributed by atoms with Crippen LogP contribution in [0.4, 0.5) is 5.69 Å². The Morgan fingerprint density at radius 2 is 1.68 bits per heavy atom. The topological polar surface area (TPSA) is 161 Å². The molecule has 0 saturated heterocycles. The summed E-state index contributed by atoms with van der Waals surface area (Å²) in [7, 11) is 1.58. The second-order valence-corrected chi connectivity index (χ2v) is 7.73. The van der Waals surface area contributed by atoms with Gasteiger partial charge in [0.15, 0.2) is 11.5 Å². The highest BCUT2D eigenvalue weighted by atomic mass is 16.5. The van der Waals surface area contributed by atoms with Crippen molar-refractivity contribution >= 4 is 23.3 Å². The van der Waals surface area contributed by atoms with Crippen molar-refractivity contribution in [2.75, 3.05) is 32.2 Å². The van der Waals surface area contributed by atoms with E-state index in [0.717, 1.165) is 0 Å². The van der Waals surface area contributed by atoms with E-state index in [1.54, 1.807) is 49.6 Å². The van der Waals surface area contributed by atoms with Gasteiger partial charge in [-0.05, 0) is 61.0 Å². The van der Waals surface area contributed by atoms with Gasteiger partial charge in [0.25, 0.3) is 11.8 Å². The minimum Gasteiger partial charge on any atom is -0.490 e. The maximum Gasteiger partial charge on any atom is 0.269 e. The van der Waals surface area contributed by atoms with Crippen LogP contribution in [0, 0.1) is 5.41 Å². The molecule has 37 heavy (non-hydrogen) atoms. The van der Waals surface area contributed by atoms with Crippen molar-refractivity contribution in [1.82, 2.24) is 15.8 Å². The number of nitrogens with one attached hydrogen (secondary N) is 4. The summed E-state index contributed by atoms with van der Waals surface area (Å²) in [6.07, 6.45) is 2.97. The Morgan fingerprint density at radius 1 is 0.946 bits per heavy atom. The number of amides is 2. The molecular formula is C26H30N6O5. The number of nitrogen functional groups attached to an aromatic ring is 1. The molecular weight excluding hydrogens is 476 g/mol. The number of amidine groups is 1. The smallest absolute Gasteiger partial charge is 0.269 e. The zero-order valence-corrected chi connectivity index (χ0v) is 20.6. The highest BCUT2D eigenvalue weighted by Crippen LogP contribution is 2.32. The number of nitrogens with two attached hydrogens (primary N) is 1. The molecule has 6 N–H and O–H groups in total. The predicted octanol–water partition coefficient (Wildman–Crippen LogP) is 2.40. The van der Waals surface area contributed by atoms with Gasteiger partial charge in [-0.3, -0.25) is 30.8 Å². The highest BCUT2D eigenvalue weighted by Gasteiger charge is 2.23. The van der Waals surface area contributed by atoms with Crippen LogP contribution in [0.3, 0.4) is 0 Å². The average Bonchev–Trinajstić information content (AvgIpc) is 2.92. The first-order valence-corrected chi connectivity index (χ1v) is 11.5. The molecule has 11 heteroatoms. The van der Waals surface area contributed by atoms with Gasteiger partial charge in [-0.15, -0.1) is 0 Å². The molecule has 0 saturated carbocycles. The average molecular weight is 507 g/mol. The van der Waals surface area contributed by atoms with E-state index in [9.17, 15) is 9.59 Å². The molecule has 3 aromatic rings. The molecule has 194 valence electrons. The maximum atomic E-state index is 13.3. The van der Waals surface area contributed by atoms with Gasteiger partial charge in [0.2, 0.25) is 0 Å². The summed E-state index contributed by atoms with van der Waals surface area (Å²) in [4.78, 5) is 29.6. The summed E-state index contributed by atoms with van der Waals surface area (Å²) < 4.78 is 16.5. The van der Waals surface area contributed by atoms with Crippen LogP contribution in [-0.4, -0.2) is 49.6 Å². The van der Waals surface area contributed by atoms with Crippen molar-refractivity contribution in [3.05, 3.63) is 83.7 Å². The summed E-state index contributed by atoms with van der Waals surface area (Å²) >= 11 is 0. The van der Waals surface area contributed by atoms with Crippen LogP contribution in [0.1, 0.15) is 34.5 Å². The van der Waals surface area contributed by atoms with Crippen molar-refractivity contribution < 1.29 is 23.8 Å². The number of carbonyl (C=O) groups is 2. The van der Waals surface area contributed by atoms with Crippen molar-refractivity contribution in [2.45, 2.75) is 13.0 Å². The fourth-order valence-corrected chi connectivity index (χ4v) is 3.31. The van der Waals surface area contributed by atoms with Crippen molar-refractivity contribution in [3.8, 4) is 11.5 Å². The summed E-state index contributed by atoms with van der Waals surface area (Å²) in [6, 6.07) is 14.0. The standard InChI is InChI=1S/C26H30N6O5/c1-3-36-22-16-19(6-9-21(22)37-15-14-35-2)23(30-20-7-4-17(5-8-20)24(27)28)26(34)32-31-25(33)18-10-12-29-13-11-18/h4-13,16,23,30H,3,14-15H2,1-2H3,(H3,27,28)(H,31,33)(H,32,34). The number of aromatic nitrogens is 1. The van der Waals surface area contributed by atoms with Crippen LogP contribution >= 0.6 is 0 Å². The molecule has 11 nitrogen and oxygen atoms in total. The number of hydrazine groups is 1. The Balaban J connectivity index is 1.86. The first-order chi connectivity index (χ1) is 17.9. The number of rotatable bonds is 12. The van der Waals surface area contributed by atoms with Gasteiger partial charge in [0.05, 0.1) is 13.2 Å². The Hall–Kier alpha value is -4.64. The SMILES string of the molecule is CCOc1cc(C(Nc2ccc(C(=N)N)cc2)C(=O)NNC(=O)c2ccncc2)ccc1OCCOC. The minimum atomic E-state index is -0.923. The number of ether oxygens (including phenoxy) is 3. The first kappa shape index (κ1) is 27.0. The number of hydrogen-bond acceptors (Lipinski definition) is 8. The lowest BCUT2D eigenvalue weighted by molar-refractivity contribution is -0.122. The normalized spacial score (nSPS) is 11.2. The van der Waals surface area contributed by atoms with E-state index in [2.05, 4.69) is 21.2 Å². The Morgan fingerprint density at radius 3 is 2.32 bits per heavy atom. The van der Waals surface area contributed by atoms with E-state index >= 15 is 0 Å². The molecule has 0 aliphatic carbocycles. The third-order valence-electron chi connectivity index (χ3n) is 5.16. The summed E-state index contributed by atoms with van der Waals surface area (Å²) in [5.41, 5.74) is 12.5. The molecule has 1 aromatic heterocycles. The van der Waals surface area contributed by atoms with E-state index < -0.39 is 17.9 Å². The Kier molecular flexibility index (Phi) is 9.80. The monoisotopic (exact) mass is 506 g/mol. The highest BCUT2D eigenvalue weighted by molar-refractivity contribution is 5.97. The van der Waals surface area contributed by atoms with Gasteiger partial charge < -0.3 is 25.3 Å². The quantitative estimate of drug-likeness (QED) is 0.108. The molecule has 0 bridgehead atoms. The second kappa shape index (κ2) is 13.4. The van der Waals surface area contributed by atoms with Crippen LogP contribution in [0.15, 0.2) is 67.0 Å². The fourth-order valence-electron chi connectivity index (χ4n) is 3.31. The van der Waals surface area contributed by atoms with Crippen LogP contribution in [0.25, 0.3) is 0 Å². The maximum absolute atomic E-state index is 13.3. The lowest BCUT2D eigenvalue weighted by atomic mass is 10.0. The third-order valence-corrected chi connectivity index (χ3v) is 5.16. The number of methoxy groups -OCH3 is 1. The molecule has 1 atom stereocenters. The molecule has 2 amide bonds. The van der Waals surface area contributed by atoms with Crippen LogP contribution < -0.4 is 31.4 Å². The molecule has 0 aliphatic rings. The Bertz CT molecular complexity index is 1200. The van der Waals surface area contributed by atoms with Gasteiger partial charge >= 0.3 is 0 Å². The van der Waals surface area contributed by atoms with Gasteiger partial charge in [-0.25, -0.2) is 0 Å². The van der Waals surface area contributed by atoms with Crippen LogP contribution in [0.2, 0.25) is 0 Å². The lowest BCUT2D eigenvalue weighted by Gasteiger charge is -2.22. The van der Waals surface area contributed by atoms with Crippen LogP contribution in [-0.2, 0) is 9.53 Å². The molecule has 0 fully saturated rings. The molecule has 1 unspecified atom stereocenters. The molecule has 0 aliphatic heterocycles. The van der Waals surface area contributed by atoms with E-state index in [-0.39, 0.29) is 5.84 Å². The minimum absolute atomic E-state index is 0.0647. The second-order valence-electron chi connectivity index (χ2n) is 7.73. The van der Waals surface area contributed by atoms with Gasteiger partial charge in [-0.1, -0.05) is 6.07 Å². The summed E-state index contributed by atoms with van der Waals surface area (Å²) in [5, 5.41) is 10.7. The van der Waals surface area contributed by atoms with E-state index in [1.807, 2.05) is 6.92 Å². The zero-order valence-electron chi connectivity index (χ0n) is 20.6. The van der Waals surface area contributed by atoms with Gasteiger partial charge in [-0.2, -0.15) is 0 Å². The van der Waals surface area contributed by atoms with Gasteiger partial charge in [0.1, 0.15) is 18.5 Å². The first-order valence-electron chi connectivity index (χ1n) is 11.5. The van der Waals surface area contributed by atoms with Crippen molar-refractivity contribution in [2.24, 2.45) is 5.73 Å². The summed E-state index contributed by atoms with van der Waals surface area (Å²) in [6.45, 7) is 2.98. The molecule has 1 heterocycles. The summed E-state index contributed by atoms with van der Waals surface area (Å²) in [5.74, 6) is -0.0992. The number of hydrogen-bond donors (Lipinski definition) is 5. The van der Waals surface area contributed by atoms with Crippen molar-refractivity contribution in [1.29, 1.82) is 5.41 Å². The van der Waals surface area contributed by atoms with E-state index in [0.29, 0.717) is 53.7 Å². The number of nitrogens with zero attached hydrogens (tertiary/aromatic N) is 1.